The van der Waals surface area contributed by atoms with E-state index in [2.05, 4.69) is 4.74 Å². The summed E-state index contributed by atoms with van der Waals surface area (Å²) >= 11 is 0. The molecule has 7 nitrogen and oxygen atoms in total. The van der Waals surface area contributed by atoms with Crippen LogP contribution < -0.4 is 4.74 Å². The van der Waals surface area contributed by atoms with Gasteiger partial charge in [-0.05, 0) is 31.2 Å². The van der Waals surface area contributed by atoms with Crippen molar-refractivity contribution in [3.63, 3.8) is 0 Å². The Bertz CT molecular complexity index is 604. The van der Waals surface area contributed by atoms with Crippen LogP contribution in [0, 0.1) is 0 Å². The molecule has 0 radical (unpaired) electrons. The Balaban J connectivity index is 2.70. The maximum atomic E-state index is 11.4. The topological polar surface area (TPSA) is 93.1 Å². The second kappa shape index (κ2) is 8.57. The normalized spacial score (nSPS) is 10.8. The second-order valence-electron chi connectivity index (χ2n) is 4.72. The Kier molecular flexibility index (Phi) is 6.79. The summed E-state index contributed by atoms with van der Waals surface area (Å²) in [7, 11) is 3.25. The molecule has 1 N–H and O–H groups in total. The number of esters is 1. The monoisotopic (exact) mass is 321 g/mol. The van der Waals surface area contributed by atoms with E-state index in [0.717, 1.165) is 6.08 Å². The lowest BCUT2D eigenvalue weighted by atomic mass is 10.1. The highest BCUT2D eigenvalue weighted by Crippen LogP contribution is 2.17. The van der Waals surface area contributed by atoms with Gasteiger partial charge in [0.25, 0.3) is 11.7 Å². The van der Waals surface area contributed by atoms with Gasteiger partial charge in [0.1, 0.15) is 11.5 Å². The van der Waals surface area contributed by atoms with Gasteiger partial charge in [-0.1, -0.05) is 0 Å². The van der Waals surface area contributed by atoms with Crippen LogP contribution in [0.15, 0.2) is 30.3 Å². The first-order chi connectivity index (χ1) is 10.8. The summed E-state index contributed by atoms with van der Waals surface area (Å²) < 4.78 is 9.81. The molecule has 0 aliphatic carbocycles. The van der Waals surface area contributed by atoms with Crippen LogP contribution in [0.3, 0.4) is 0 Å². The van der Waals surface area contributed by atoms with Crippen molar-refractivity contribution in [3.05, 3.63) is 35.9 Å². The van der Waals surface area contributed by atoms with E-state index >= 15 is 0 Å². The van der Waals surface area contributed by atoms with Crippen LogP contribution in [0.1, 0.15) is 12.5 Å². The van der Waals surface area contributed by atoms with Crippen molar-refractivity contribution in [1.29, 1.82) is 0 Å². The van der Waals surface area contributed by atoms with Gasteiger partial charge in [-0.3, -0.25) is 9.59 Å². The molecule has 1 amide bonds. The molecule has 0 heterocycles. The zero-order chi connectivity index (χ0) is 17.4. The van der Waals surface area contributed by atoms with E-state index in [-0.39, 0.29) is 24.9 Å². The van der Waals surface area contributed by atoms with Crippen LogP contribution in [-0.4, -0.2) is 55.0 Å². The van der Waals surface area contributed by atoms with Gasteiger partial charge in [0.05, 0.1) is 6.61 Å². The molecule has 7 heteroatoms. The van der Waals surface area contributed by atoms with E-state index < -0.39 is 11.8 Å². The number of carbonyl (C=O) groups excluding carboxylic acids is 3. The maximum absolute atomic E-state index is 11.4. The molecule has 1 aromatic carbocycles. The summed E-state index contributed by atoms with van der Waals surface area (Å²) in [5.74, 6) is -2.08. The number of aliphatic hydroxyl groups excluding tert-OH is 1. The molecular formula is C16H19NO6. The van der Waals surface area contributed by atoms with Gasteiger partial charge in [0.2, 0.25) is 0 Å². The van der Waals surface area contributed by atoms with Crippen molar-refractivity contribution in [2.24, 2.45) is 0 Å². The van der Waals surface area contributed by atoms with E-state index in [9.17, 15) is 19.5 Å². The second-order valence-corrected chi connectivity index (χ2v) is 4.72. The molecule has 0 saturated carbocycles. The van der Waals surface area contributed by atoms with Gasteiger partial charge in [-0.15, -0.1) is 0 Å². The number of likely N-dealkylation sites (N-methyl/N-ethyl adjacent to an activating group) is 1. The van der Waals surface area contributed by atoms with Gasteiger partial charge in [-0.25, -0.2) is 4.79 Å². The van der Waals surface area contributed by atoms with Crippen molar-refractivity contribution in [1.82, 2.24) is 4.90 Å². The van der Waals surface area contributed by atoms with E-state index in [1.54, 1.807) is 21.0 Å². The Hall–Kier alpha value is -2.83. The highest BCUT2D eigenvalue weighted by molar-refractivity contribution is 6.39. The van der Waals surface area contributed by atoms with Crippen LogP contribution in [0.25, 0.3) is 5.76 Å². The minimum atomic E-state index is -1.03. The van der Waals surface area contributed by atoms with Crippen molar-refractivity contribution < 1.29 is 29.0 Å². The molecule has 0 saturated heterocycles. The molecule has 0 aromatic heterocycles. The highest BCUT2D eigenvalue weighted by Gasteiger charge is 2.14. The molecule has 124 valence electrons. The number of ketones is 1. The summed E-state index contributed by atoms with van der Waals surface area (Å²) in [5, 5.41) is 9.82. The lowest BCUT2D eigenvalue weighted by Crippen LogP contribution is -2.27. The van der Waals surface area contributed by atoms with E-state index in [0.29, 0.717) is 11.3 Å². The van der Waals surface area contributed by atoms with Crippen LogP contribution >= 0.6 is 0 Å². The van der Waals surface area contributed by atoms with Crippen LogP contribution in [0.4, 0.5) is 0 Å². The zero-order valence-electron chi connectivity index (χ0n) is 13.2. The lowest BCUT2D eigenvalue weighted by Gasteiger charge is -2.11. The summed E-state index contributed by atoms with van der Waals surface area (Å²) in [4.78, 5) is 35.4. The average molecular weight is 321 g/mol. The summed E-state index contributed by atoms with van der Waals surface area (Å²) in [6.45, 7) is 1.56. The molecular weight excluding hydrogens is 302 g/mol. The molecule has 1 rings (SSSR count). The molecule has 0 bridgehead atoms. The SMILES string of the molecule is CCOC(=O)C(=O)C=C(O)c1ccc(OCC(=O)N(C)C)cc1. The van der Waals surface area contributed by atoms with Gasteiger partial charge >= 0.3 is 5.97 Å². The van der Waals surface area contributed by atoms with Crippen LogP contribution in [0.2, 0.25) is 0 Å². The fraction of sp³-hybridized carbons (Fsp3) is 0.312. The predicted molar refractivity (Wildman–Crippen MR) is 82.9 cm³/mol. The molecule has 1 aromatic rings. The molecule has 0 unspecified atom stereocenters. The van der Waals surface area contributed by atoms with Crippen molar-refractivity contribution >= 4 is 23.4 Å². The first-order valence-electron chi connectivity index (χ1n) is 6.90. The number of carbonyl (C=O) groups is 3. The number of hydrogen-bond donors (Lipinski definition) is 1. The Morgan fingerprint density at radius 1 is 1.17 bits per heavy atom. The largest absolute Gasteiger partial charge is 0.507 e. The summed E-state index contributed by atoms with van der Waals surface area (Å²) in [5.41, 5.74) is 0.328. The van der Waals surface area contributed by atoms with E-state index in [1.807, 2.05) is 0 Å². The molecule has 0 aliphatic heterocycles. The molecule has 0 spiro atoms. The molecule has 0 atom stereocenters. The smallest absolute Gasteiger partial charge is 0.379 e. The number of aliphatic hydroxyl groups is 1. The minimum absolute atomic E-state index is 0.0802. The Morgan fingerprint density at radius 2 is 1.78 bits per heavy atom. The number of nitrogens with zero attached hydrogens (tertiary/aromatic N) is 1. The molecule has 0 aliphatic rings. The van der Waals surface area contributed by atoms with Crippen molar-refractivity contribution in [2.75, 3.05) is 27.3 Å². The average Bonchev–Trinajstić information content (AvgIpc) is 2.52. The summed E-state index contributed by atoms with van der Waals surface area (Å²) in [6.07, 6.45) is 0.795. The number of amides is 1. The quantitative estimate of drug-likeness (QED) is 0.351. The fourth-order valence-corrected chi connectivity index (χ4v) is 1.46. The Labute approximate surface area is 134 Å². The molecule has 23 heavy (non-hydrogen) atoms. The number of benzene rings is 1. The van der Waals surface area contributed by atoms with E-state index in [1.165, 1.54) is 29.2 Å². The van der Waals surface area contributed by atoms with Crippen LogP contribution in [-0.2, 0) is 19.1 Å². The predicted octanol–water partition coefficient (Wildman–Crippen LogP) is 1.18. The third-order valence-electron chi connectivity index (χ3n) is 2.76. The minimum Gasteiger partial charge on any atom is -0.507 e. The van der Waals surface area contributed by atoms with E-state index in [4.69, 9.17) is 4.74 Å². The number of hydrogen-bond acceptors (Lipinski definition) is 6. The van der Waals surface area contributed by atoms with Crippen molar-refractivity contribution in [3.8, 4) is 5.75 Å². The highest BCUT2D eigenvalue weighted by atomic mass is 16.5. The zero-order valence-corrected chi connectivity index (χ0v) is 13.2. The number of rotatable bonds is 7. The fourth-order valence-electron chi connectivity index (χ4n) is 1.46. The third-order valence-corrected chi connectivity index (χ3v) is 2.76. The first kappa shape index (κ1) is 18.2. The van der Waals surface area contributed by atoms with Crippen molar-refractivity contribution in [2.45, 2.75) is 6.92 Å². The lowest BCUT2D eigenvalue weighted by molar-refractivity contribution is -0.151. The van der Waals surface area contributed by atoms with Gasteiger partial charge in [0, 0.05) is 25.7 Å². The summed E-state index contributed by atoms with van der Waals surface area (Å²) in [6, 6.07) is 6.08. The van der Waals surface area contributed by atoms with Gasteiger partial charge in [0.15, 0.2) is 6.61 Å². The maximum Gasteiger partial charge on any atom is 0.379 e. The van der Waals surface area contributed by atoms with Crippen LogP contribution in [0.5, 0.6) is 5.75 Å². The standard InChI is InChI=1S/C16H19NO6/c1-4-22-16(21)14(19)9-13(18)11-5-7-12(8-6-11)23-10-15(20)17(2)3/h5-9,18H,4,10H2,1-3H3. The van der Waals surface area contributed by atoms with Gasteiger partial charge < -0.3 is 19.5 Å². The third kappa shape index (κ3) is 5.82. The van der Waals surface area contributed by atoms with Gasteiger partial charge in [-0.2, -0.15) is 0 Å². The Morgan fingerprint density at radius 3 is 2.30 bits per heavy atom. The number of ether oxygens (including phenoxy) is 2. The first-order valence-corrected chi connectivity index (χ1v) is 6.90. The molecule has 0 fully saturated rings.